The highest BCUT2D eigenvalue weighted by atomic mass is 28.1. The van der Waals surface area contributed by atoms with Crippen LogP contribution in [-0.4, -0.2) is 16.0 Å². The molecule has 0 saturated carbocycles. The third kappa shape index (κ3) is 2.16. The van der Waals surface area contributed by atoms with E-state index in [0.29, 0.717) is 0 Å². The van der Waals surface area contributed by atoms with Gasteiger partial charge in [-0.1, -0.05) is 35.5 Å². The van der Waals surface area contributed by atoms with Crippen LogP contribution in [0.2, 0.25) is 0 Å². The number of aryl methyl sites for hydroxylation is 1. The van der Waals surface area contributed by atoms with Crippen molar-refractivity contribution < 1.29 is 4.79 Å². The molecule has 0 N–H and O–H groups in total. The number of ketones is 1. The molecule has 1 nitrogen and oxygen atoms in total. The van der Waals surface area contributed by atoms with Crippen molar-refractivity contribution in [1.29, 1.82) is 0 Å². The first-order valence-electron chi connectivity index (χ1n) is 5.94. The fourth-order valence-corrected chi connectivity index (χ4v) is 2.38. The molecule has 0 aromatic heterocycles. The van der Waals surface area contributed by atoms with Crippen molar-refractivity contribution in [2.75, 3.05) is 0 Å². The minimum atomic E-state index is 0.0619. The third-order valence-corrected chi connectivity index (χ3v) is 4.08. The van der Waals surface area contributed by atoms with Gasteiger partial charge in [-0.3, -0.25) is 4.79 Å². The van der Waals surface area contributed by atoms with Gasteiger partial charge in [0.1, 0.15) is 0 Å². The molecule has 18 heavy (non-hydrogen) atoms. The summed E-state index contributed by atoms with van der Waals surface area (Å²) >= 11 is 0. The SMILES string of the molecule is Cc1cc(C(=O)c2ccccc2)c([Si])c(C)c1C. The maximum absolute atomic E-state index is 12.5. The van der Waals surface area contributed by atoms with E-state index in [0.717, 1.165) is 27.4 Å². The van der Waals surface area contributed by atoms with Crippen LogP contribution >= 0.6 is 0 Å². The molecule has 0 unspecified atom stereocenters. The van der Waals surface area contributed by atoms with E-state index >= 15 is 0 Å². The normalized spacial score (nSPS) is 10.4. The highest BCUT2D eigenvalue weighted by Gasteiger charge is 2.14. The molecule has 0 aliphatic rings. The summed E-state index contributed by atoms with van der Waals surface area (Å²) < 4.78 is 0. The van der Waals surface area contributed by atoms with Gasteiger partial charge in [0.05, 0.1) is 10.2 Å². The van der Waals surface area contributed by atoms with E-state index < -0.39 is 0 Å². The first-order chi connectivity index (χ1) is 8.52. The van der Waals surface area contributed by atoms with Gasteiger partial charge < -0.3 is 0 Å². The van der Waals surface area contributed by atoms with Gasteiger partial charge in [0, 0.05) is 11.1 Å². The van der Waals surface area contributed by atoms with Crippen LogP contribution in [0.4, 0.5) is 0 Å². The standard InChI is InChI=1S/C16H15OSi/c1-10-9-14(16(18)12(3)11(10)2)15(17)13-7-5-4-6-8-13/h4-9H,1-3H3. The van der Waals surface area contributed by atoms with Crippen LogP contribution < -0.4 is 5.19 Å². The number of carbonyl (C=O) groups excluding carboxylic acids is 1. The zero-order chi connectivity index (χ0) is 13.3. The Hall–Kier alpha value is -1.67. The second kappa shape index (κ2) is 4.90. The van der Waals surface area contributed by atoms with E-state index in [-0.39, 0.29) is 5.78 Å². The van der Waals surface area contributed by atoms with Crippen molar-refractivity contribution in [3.05, 3.63) is 64.2 Å². The van der Waals surface area contributed by atoms with Gasteiger partial charge in [-0.2, -0.15) is 0 Å². The maximum Gasteiger partial charge on any atom is 0.192 e. The van der Waals surface area contributed by atoms with E-state index in [1.54, 1.807) is 0 Å². The van der Waals surface area contributed by atoms with Crippen molar-refractivity contribution in [2.45, 2.75) is 20.8 Å². The topological polar surface area (TPSA) is 17.1 Å². The Balaban J connectivity index is 2.56. The lowest BCUT2D eigenvalue weighted by Gasteiger charge is -2.13. The van der Waals surface area contributed by atoms with Crippen LogP contribution in [0.5, 0.6) is 0 Å². The number of hydrogen-bond acceptors (Lipinski definition) is 1. The first kappa shape index (κ1) is 12.8. The van der Waals surface area contributed by atoms with Crippen LogP contribution in [0.3, 0.4) is 0 Å². The van der Waals surface area contributed by atoms with Gasteiger partial charge in [0.25, 0.3) is 0 Å². The second-order valence-corrected chi connectivity index (χ2v) is 5.06. The lowest BCUT2D eigenvalue weighted by Crippen LogP contribution is -2.21. The number of hydrogen-bond donors (Lipinski definition) is 0. The molecule has 0 bridgehead atoms. The highest BCUT2D eigenvalue weighted by Crippen LogP contribution is 2.15. The van der Waals surface area contributed by atoms with Crippen molar-refractivity contribution in [3.8, 4) is 0 Å². The lowest BCUT2D eigenvalue weighted by molar-refractivity contribution is 0.103. The Morgan fingerprint density at radius 1 is 1.00 bits per heavy atom. The van der Waals surface area contributed by atoms with Gasteiger partial charge in [-0.05, 0) is 43.5 Å². The van der Waals surface area contributed by atoms with E-state index in [9.17, 15) is 4.79 Å². The molecule has 2 heteroatoms. The molecule has 0 heterocycles. The molecule has 3 radical (unpaired) electrons. The average molecular weight is 251 g/mol. The van der Waals surface area contributed by atoms with Crippen molar-refractivity contribution in [3.63, 3.8) is 0 Å². The molecule has 0 aliphatic heterocycles. The number of benzene rings is 2. The molecular weight excluding hydrogens is 236 g/mol. The molecular formula is C16H15OSi. The summed E-state index contributed by atoms with van der Waals surface area (Å²) in [5.74, 6) is 0.0619. The van der Waals surface area contributed by atoms with Gasteiger partial charge in [0.2, 0.25) is 0 Å². The van der Waals surface area contributed by atoms with E-state index in [2.05, 4.69) is 17.2 Å². The predicted molar refractivity (Wildman–Crippen MR) is 75.9 cm³/mol. The monoisotopic (exact) mass is 251 g/mol. The van der Waals surface area contributed by atoms with Crippen molar-refractivity contribution in [1.82, 2.24) is 0 Å². The Bertz CT molecular complexity index is 600. The van der Waals surface area contributed by atoms with E-state index in [1.807, 2.05) is 50.2 Å². The maximum atomic E-state index is 12.5. The average Bonchev–Trinajstić information content (AvgIpc) is 2.41. The molecule has 2 aromatic rings. The number of rotatable bonds is 2. The van der Waals surface area contributed by atoms with Crippen molar-refractivity contribution >= 4 is 21.2 Å². The van der Waals surface area contributed by atoms with Gasteiger partial charge >= 0.3 is 0 Å². The van der Waals surface area contributed by atoms with Crippen LogP contribution in [0.15, 0.2) is 36.4 Å². The highest BCUT2D eigenvalue weighted by molar-refractivity contribution is 6.38. The molecule has 2 rings (SSSR count). The largest absolute Gasteiger partial charge is 0.289 e. The third-order valence-electron chi connectivity index (χ3n) is 3.44. The fourth-order valence-electron chi connectivity index (χ4n) is 2.01. The molecule has 0 saturated heterocycles. The second-order valence-electron chi connectivity index (χ2n) is 4.56. The smallest absolute Gasteiger partial charge is 0.192 e. The van der Waals surface area contributed by atoms with Crippen LogP contribution in [0.1, 0.15) is 32.6 Å². The minimum absolute atomic E-state index is 0.0619. The molecule has 0 atom stereocenters. The zero-order valence-electron chi connectivity index (χ0n) is 10.9. The Morgan fingerprint density at radius 2 is 1.61 bits per heavy atom. The summed E-state index contributed by atoms with van der Waals surface area (Å²) in [6.45, 7) is 6.15. The molecule has 89 valence electrons. The zero-order valence-corrected chi connectivity index (χ0v) is 11.9. The lowest BCUT2D eigenvalue weighted by atomic mass is 9.95. The molecule has 0 fully saturated rings. The summed E-state index contributed by atoms with van der Waals surface area (Å²) in [7, 11) is 3.60. The van der Waals surface area contributed by atoms with Crippen LogP contribution in [0.25, 0.3) is 0 Å². The van der Waals surface area contributed by atoms with Crippen LogP contribution in [-0.2, 0) is 0 Å². The van der Waals surface area contributed by atoms with Gasteiger partial charge in [-0.25, -0.2) is 0 Å². The molecule has 0 spiro atoms. The minimum Gasteiger partial charge on any atom is -0.289 e. The van der Waals surface area contributed by atoms with E-state index in [1.165, 1.54) is 5.56 Å². The Morgan fingerprint density at radius 3 is 2.22 bits per heavy atom. The Kier molecular flexibility index (Phi) is 3.48. The summed E-state index contributed by atoms with van der Waals surface area (Å²) in [4.78, 5) is 12.5. The predicted octanol–water partition coefficient (Wildman–Crippen LogP) is 2.64. The van der Waals surface area contributed by atoms with Gasteiger partial charge in [0.15, 0.2) is 5.78 Å². The fraction of sp³-hybridized carbons (Fsp3) is 0.188. The van der Waals surface area contributed by atoms with Crippen molar-refractivity contribution in [2.24, 2.45) is 0 Å². The van der Waals surface area contributed by atoms with E-state index in [4.69, 9.17) is 0 Å². The Labute approximate surface area is 111 Å². The molecule has 0 aliphatic carbocycles. The quantitative estimate of drug-likeness (QED) is 0.592. The summed E-state index contributed by atoms with van der Waals surface area (Å²) in [5.41, 5.74) is 4.96. The summed E-state index contributed by atoms with van der Waals surface area (Å²) in [5, 5.41) is 0.895. The molecule has 2 aromatic carbocycles. The summed E-state index contributed by atoms with van der Waals surface area (Å²) in [6, 6.07) is 11.3. The van der Waals surface area contributed by atoms with Gasteiger partial charge in [-0.15, -0.1) is 0 Å². The molecule has 0 amide bonds. The van der Waals surface area contributed by atoms with Crippen LogP contribution in [0, 0.1) is 20.8 Å². The first-order valence-corrected chi connectivity index (χ1v) is 6.44. The summed E-state index contributed by atoms with van der Waals surface area (Å²) in [6.07, 6.45) is 0. The number of carbonyl (C=O) groups is 1.